The number of methoxy groups -OCH3 is 1. The number of amides is 3. The summed E-state index contributed by atoms with van der Waals surface area (Å²) in [4.78, 5) is 71.6. The first-order chi connectivity index (χ1) is 20.6. The zero-order valence-electron chi connectivity index (χ0n) is 23.9. The molecule has 0 saturated carbocycles. The van der Waals surface area contributed by atoms with Gasteiger partial charge in [0.25, 0.3) is 0 Å². The monoisotopic (exact) mass is 587 g/mol. The molecule has 0 radical (unpaired) electrons. The van der Waals surface area contributed by atoms with E-state index in [0.29, 0.717) is 6.08 Å². The van der Waals surface area contributed by atoms with Crippen LogP contribution in [0.3, 0.4) is 0 Å². The van der Waals surface area contributed by atoms with Crippen molar-refractivity contribution in [2.45, 2.75) is 50.5 Å². The van der Waals surface area contributed by atoms with E-state index in [4.69, 9.17) is 9.84 Å². The van der Waals surface area contributed by atoms with Gasteiger partial charge in [-0.25, -0.2) is 9.59 Å². The highest BCUT2D eigenvalue weighted by Gasteiger charge is 2.36. The topological polar surface area (TPSA) is 176 Å². The molecule has 0 aromatic rings. The van der Waals surface area contributed by atoms with Crippen LogP contribution in [0, 0.1) is 5.92 Å². The number of esters is 1. The van der Waals surface area contributed by atoms with Gasteiger partial charge in [0, 0.05) is 36.9 Å². The van der Waals surface area contributed by atoms with Crippen LogP contribution in [0.4, 0.5) is 0 Å². The second kappa shape index (κ2) is 13.7. The number of hydrogen-bond acceptors (Lipinski definition) is 8. The highest BCUT2D eigenvalue weighted by Crippen LogP contribution is 2.30. The lowest BCUT2D eigenvalue weighted by molar-refractivity contribution is -0.145. The Hall–Kier alpha value is -5.13. The second-order valence-electron chi connectivity index (χ2n) is 10.3. The fourth-order valence-electron chi connectivity index (χ4n) is 5.08. The molecule has 3 amide bonds. The minimum atomic E-state index is -1.32. The van der Waals surface area contributed by atoms with Gasteiger partial charge in [-0.05, 0) is 29.2 Å². The van der Waals surface area contributed by atoms with E-state index >= 15 is 0 Å². The first-order valence-electron chi connectivity index (χ1n) is 13.7. The SMILES string of the molecule is COC(=O)C(CC1=C2C=CC=CC2N=C1)NC(=O)C(NC(=O)C(C)NC(=O)/C=C/C(=O)O)C(C)C1=C2C=CC=CC2N=C1. The van der Waals surface area contributed by atoms with Crippen LogP contribution in [-0.2, 0) is 28.7 Å². The van der Waals surface area contributed by atoms with E-state index in [0.717, 1.165) is 28.4 Å². The zero-order valence-corrected chi connectivity index (χ0v) is 23.9. The van der Waals surface area contributed by atoms with E-state index in [1.54, 1.807) is 19.4 Å². The number of rotatable bonds is 12. The molecule has 2 aliphatic carbocycles. The summed E-state index contributed by atoms with van der Waals surface area (Å²) in [7, 11) is 1.23. The van der Waals surface area contributed by atoms with E-state index in [9.17, 15) is 24.0 Å². The quantitative estimate of drug-likeness (QED) is 0.195. The Labute approximate surface area is 248 Å². The Morgan fingerprint density at radius 3 is 2.21 bits per heavy atom. The third-order valence-corrected chi connectivity index (χ3v) is 7.39. The van der Waals surface area contributed by atoms with Gasteiger partial charge < -0.3 is 25.8 Å². The number of nitrogens with one attached hydrogen (secondary N) is 3. The normalized spacial score (nSPS) is 22.2. The smallest absolute Gasteiger partial charge is 0.328 e. The number of carboxylic acids is 1. The number of nitrogens with zero attached hydrogens (tertiary/aromatic N) is 2. The molecule has 12 nitrogen and oxygen atoms in total. The number of fused-ring (bicyclic) bond motifs is 2. The molecule has 4 rings (SSSR count). The minimum Gasteiger partial charge on any atom is -0.478 e. The maximum absolute atomic E-state index is 13.9. The summed E-state index contributed by atoms with van der Waals surface area (Å²) >= 11 is 0. The van der Waals surface area contributed by atoms with Gasteiger partial charge >= 0.3 is 11.9 Å². The Morgan fingerprint density at radius 1 is 0.884 bits per heavy atom. The molecule has 0 saturated heterocycles. The lowest BCUT2D eigenvalue weighted by Crippen LogP contribution is -2.57. The molecule has 0 fully saturated rings. The molecular weight excluding hydrogens is 554 g/mol. The number of ether oxygens (including phenoxy) is 1. The summed E-state index contributed by atoms with van der Waals surface area (Å²) in [5, 5.41) is 16.6. The van der Waals surface area contributed by atoms with Crippen LogP contribution < -0.4 is 16.0 Å². The van der Waals surface area contributed by atoms with Gasteiger partial charge in [-0.15, -0.1) is 0 Å². The molecule has 2 heterocycles. The predicted molar refractivity (Wildman–Crippen MR) is 159 cm³/mol. The Bertz CT molecular complexity index is 1480. The molecule has 0 aromatic carbocycles. The number of carbonyl (C=O) groups is 5. The van der Waals surface area contributed by atoms with Crippen LogP contribution in [0.2, 0.25) is 0 Å². The van der Waals surface area contributed by atoms with Crippen molar-refractivity contribution < 1.29 is 33.8 Å². The summed E-state index contributed by atoms with van der Waals surface area (Å²) in [5.41, 5.74) is 3.30. The molecular formula is C31H33N5O7. The number of aliphatic imine (C=N–C) groups is 2. The fourth-order valence-corrected chi connectivity index (χ4v) is 5.08. The summed E-state index contributed by atoms with van der Waals surface area (Å²) in [6.45, 7) is 3.16. The third kappa shape index (κ3) is 7.39. The molecule has 224 valence electrons. The van der Waals surface area contributed by atoms with Crippen molar-refractivity contribution in [1.29, 1.82) is 0 Å². The predicted octanol–water partition coefficient (Wildman–Crippen LogP) is 1.05. The van der Waals surface area contributed by atoms with Crippen molar-refractivity contribution in [1.82, 2.24) is 16.0 Å². The maximum Gasteiger partial charge on any atom is 0.328 e. The second-order valence-corrected chi connectivity index (χ2v) is 10.3. The average molecular weight is 588 g/mol. The molecule has 4 N–H and O–H groups in total. The first-order valence-corrected chi connectivity index (χ1v) is 13.7. The van der Waals surface area contributed by atoms with Crippen molar-refractivity contribution in [2.24, 2.45) is 15.9 Å². The van der Waals surface area contributed by atoms with Crippen LogP contribution in [-0.4, -0.2) is 84.5 Å². The van der Waals surface area contributed by atoms with Crippen LogP contribution in [0.15, 0.2) is 93.0 Å². The van der Waals surface area contributed by atoms with Crippen molar-refractivity contribution >= 4 is 42.1 Å². The Balaban J connectivity index is 1.57. The van der Waals surface area contributed by atoms with Crippen LogP contribution >= 0.6 is 0 Å². The third-order valence-electron chi connectivity index (χ3n) is 7.39. The Kier molecular flexibility index (Phi) is 9.81. The van der Waals surface area contributed by atoms with Crippen LogP contribution in [0.25, 0.3) is 0 Å². The van der Waals surface area contributed by atoms with Crippen molar-refractivity contribution in [3.63, 3.8) is 0 Å². The van der Waals surface area contributed by atoms with Crippen LogP contribution in [0.5, 0.6) is 0 Å². The van der Waals surface area contributed by atoms with Gasteiger partial charge in [0.05, 0.1) is 19.2 Å². The number of hydrogen-bond donors (Lipinski definition) is 4. The first kappa shape index (κ1) is 30.8. The summed E-state index contributed by atoms with van der Waals surface area (Å²) in [6.07, 6.45) is 20.0. The van der Waals surface area contributed by atoms with E-state index < -0.39 is 53.7 Å². The molecule has 6 atom stereocenters. The molecule has 0 aromatic heterocycles. The summed E-state index contributed by atoms with van der Waals surface area (Å²) in [6, 6.07) is -3.72. The molecule has 4 aliphatic rings. The van der Waals surface area contributed by atoms with Gasteiger partial charge in [-0.2, -0.15) is 0 Å². The van der Waals surface area contributed by atoms with Crippen molar-refractivity contribution in [3.8, 4) is 0 Å². The lowest BCUT2D eigenvalue weighted by atomic mass is 9.87. The van der Waals surface area contributed by atoms with Crippen molar-refractivity contribution in [2.75, 3.05) is 7.11 Å². The largest absolute Gasteiger partial charge is 0.478 e. The maximum atomic E-state index is 13.9. The molecule has 43 heavy (non-hydrogen) atoms. The number of allylic oxidation sites excluding steroid dienone is 4. The summed E-state index contributed by atoms with van der Waals surface area (Å²) < 4.78 is 4.99. The highest BCUT2D eigenvalue weighted by molar-refractivity contribution is 5.98. The Morgan fingerprint density at radius 2 is 1.53 bits per heavy atom. The van der Waals surface area contributed by atoms with Crippen molar-refractivity contribution in [3.05, 3.63) is 83.1 Å². The van der Waals surface area contributed by atoms with E-state index in [2.05, 4.69) is 25.9 Å². The highest BCUT2D eigenvalue weighted by atomic mass is 16.5. The van der Waals surface area contributed by atoms with Gasteiger partial charge in [-0.3, -0.25) is 24.4 Å². The number of aliphatic carboxylic acids is 1. The molecule has 0 bridgehead atoms. The molecule has 2 aliphatic heterocycles. The van der Waals surface area contributed by atoms with Gasteiger partial charge in [0.2, 0.25) is 17.7 Å². The molecule has 6 unspecified atom stereocenters. The van der Waals surface area contributed by atoms with E-state index in [1.807, 2.05) is 48.6 Å². The summed E-state index contributed by atoms with van der Waals surface area (Å²) in [5.74, 6) is -4.70. The van der Waals surface area contributed by atoms with E-state index in [1.165, 1.54) is 14.0 Å². The lowest BCUT2D eigenvalue weighted by Gasteiger charge is -2.28. The molecule has 12 heteroatoms. The van der Waals surface area contributed by atoms with E-state index in [-0.39, 0.29) is 18.5 Å². The number of carboxylic acid groups (broad SMARTS) is 1. The molecule has 0 spiro atoms. The van der Waals surface area contributed by atoms with Gasteiger partial charge in [0.1, 0.15) is 18.1 Å². The zero-order chi connectivity index (χ0) is 31.1. The van der Waals surface area contributed by atoms with Crippen LogP contribution in [0.1, 0.15) is 20.3 Å². The number of carbonyl (C=O) groups excluding carboxylic acids is 4. The van der Waals surface area contributed by atoms with Gasteiger partial charge in [0.15, 0.2) is 0 Å². The van der Waals surface area contributed by atoms with Gasteiger partial charge in [-0.1, -0.05) is 55.5 Å². The average Bonchev–Trinajstić information content (AvgIpc) is 3.62. The standard InChI is InChI=1S/C31H33N5O7/c1-17(22-16-33-24-11-7-5-9-21(22)24)28(36-29(40)18(2)34-26(37)12-13-27(38)39)30(41)35-25(31(42)43-3)14-19-15-32-23-10-6-4-8-20(19)23/h4-13,15-18,23-25,28H,14H2,1-3H3,(H,34,37)(H,35,41)(H,36,40)(H,38,39)/b13-12+. The minimum absolute atomic E-state index is 0.119. The fraction of sp³-hybridized carbons (Fsp3) is 0.323.